The summed E-state index contributed by atoms with van der Waals surface area (Å²) >= 11 is 0. The molecule has 23 heavy (non-hydrogen) atoms. The zero-order chi connectivity index (χ0) is 16.7. The summed E-state index contributed by atoms with van der Waals surface area (Å²) in [5, 5.41) is 0. The third-order valence-corrected chi connectivity index (χ3v) is 4.43. The standard InChI is InChI=1S/C18H23NO4/c1-17(2,3)23-15(20)18-11-14(18)9-10-19(18)16(21)22-12-13-7-5-4-6-8-13/h4-8,14H,9-12H2,1-3H3/t14?,18-/m0/s1. The number of esters is 1. The fraction of sp³-hybridized carbons (Fsp3) is 0.556. The molecule has 2 atom stereocenters. The molecule has 5 nitrogen and oxygen atoms in total. The van der Waals surface area contributed by atoms with Crippen molar-refractivity contribution in [3.8, 4) is 0 Å². The average molecular weight is 317 g/mol. The maximum atomic E-state index is 12.5. The van der Waals surface area contributed by atoms with Crippen molar-refractivity contribution < 1.29 is 19.1 Å². The molecule has 1 unspecified atom stereocenters. The van der Waals surface area contributed by atoms with Crippen LogP contribution in [0.5, 0.6) is 0 Å². The second kappa shape index (κ2) is 5.55. The summed E-state index contributed by atoms with van der Waals surface area (Å²) in [5.74, 6) is -0.0919. The topological polar surface area (TPSA) is 55.8 Å². The molecule has 1 heterocycles. The normalized spacial score (nSPS) is 25.7. The van der Waals surface area contributed by atoms with Crippen molar-refractivity contribution >= 4 is 12.1 Å². The monoisotopic (exact) mass is 317 g/mol. The summed E-state index contributed by atoms with van der Waals surface area (Å²) in [7, 11) is 0. The molecular formula is C18H23NO4. The fourth-order valence-electron chi connectivity index (χ4n) is 3.25. The van der Waals surface area contributed by atoms with E-state index in [2.05, 4.69) is 0 Å². The Morgan fingerprint density at radius 2 is 1.96 bits per heavy atom. The van der Waals surface area contributed by atoms with Gasteiger partial charge in [0, 0.05) is 6.54 Å². The summed E-state index contributed by atoms with van der Waals surface area (Å²) in [6, 6.07) is 9.52. The summed E-state index contributed by atoms with van der Waals surface area (Å²) in [5.41, 5.74) is -0.416. The smallest absolute Gasteiger partial charge is 0.411 e. The Morgan fingerprint density at radius 1 is 1.26 bits per heavy atom. The molecule has 2 fully saturated rings. The van der Waals surface area contributed by atoms with Gasteiger partial charge in [-0.25, -0.2) is 9.59 Å². The molecular weight excluding hydrogens is 294 g/mol. The van der Waals surface area contributed by atoms with Gasteiger partial charge in [-0.3, -0.25) is 4.90 Å². The minimum absolute atomic E-state index is 0.210. The van der Waals surface area contributed by atoms with Crippen LogP contribution in [0, 0.1) is 5.92 Å². The van der Waals surface area contributed by atoms with Gasteiger partial charge in [0.05, 0.1) is 0 Å². The lowest BCUT2D eigenvalue weighted by molar-refractivity contribution is -0.162. The zero-order valence-electron chi connectivity index (χ0n) is 13.9. The Kier molecular flexibility index (Phi) is 3.82. The van der Waals surface area contributed by atoms with E-state index in [1.54, 1.807) is 4.90 Å². The number of piperidine rings is 1. The molecule has 1 aliphatic heterocycles. The first-order chi connectivity index (χ1) is 10.8. The van der Waals surface area contributed by atoms with Crippen LogP contribution in [0.15, 0.2) is 30.3 Å². The molecule has 5 heteroatoms. The highest BCUT2D eigenvalue weighted by molar-refractivity contribution is 5.90. The summed E-state index contributed by atoms with van der Waals surface area (Å²) in [4.78, 5) is 26.5. The predicted octanol–water partition coefficient (Wildman–Crippen LogP) is 3.13. The van der Waals surface area contributed by atoms with E-state index in [1.165, 1.54) is 0 Å². The van der Waals surface area contributed by atoms with Crippen LogP contribution >= 0.6 is 0 Å². The van der Waals surface area contributed by atoms with Crippen LogP contribution in [0.25, 0.3) is 0 Å². The maximum Gasteiger partial charge on any atom is 0.411 e. The van der Waals surface area contributed by atoms with Crippen molar-refractivity contribution in [2.45, 2.75) is 51.4 Å². The maximum absolute atomic E-state index is 12.5. The third kappa shape index (κ3) is 3.05. The van der Waals surface area contributed by atoms with Gasteiger partial charge in [-0.1, -0.05) is 30.3 Å². The van der Waals surface area contributed by atoms with Crippen LogP contribution < -0.4 is 0 Å². The second-order valence-corrected chi connectivity index (χ2v) is 7.31. The van der Waals surface area contributed by atoms with Gasteiger partial charge >= 0.3 is 12.1 Å². The molecule has 2 aliphatic rings. The molecule has 1 saturated carbocycles. The van der Waals surface area contributed by atoms with Gasteiger partial charge < -0.3 is 9.47 Å². The van der Waals surface area contributed by atoms with Gasteiger partial charge in [-0.15, -0.1) is 0 Å². The number of carbonyl (C=O) groups excluding carboxylic acids is 2. The Labute approximate surface area is 136 Å². The first kappa shape index (κ1) is 15.8. The first-order valence-electron chi connectivity index (χ1n) is 8.05. The van der Waals surface area contributed by atoms with Crippen LogP contribution in [0.1, 0.15) is 39.2 Å². The molecule has 0 N–H and O–H groups in total. The van der Waals surface area contributed by atoms with Crippen LogP contribution in [0.4, 0.5) is 4.79 Å². The van der Waals surface area contributed by atoms with Gasteiger partial charge in [0.15, 0.2) is 0 Å². The van der Waals surface area contributed by atoms with Crippen molar-refractivity contribution in [3.63, 3.8) is 0 Å². The highest BCUT2D eigenvalue weighted by Gasteiger charge is 2.70. The lowest BCUT2D eigenvalue weighted by Crippen LogP contribution is -2.48. The summed E-state index contributed by atoms with van der Waals surface area (Å²) in [6.07, 6.45) is 1.09. The summed E-state index contributed by atoms with van der Waals surface area (Å²) in [6.45, 7) is 6.28. The lowest BCUT2D eigenvalue weighted by atomic mass is 10.1. The van der Waals surface area contributed by atoms with Gasteiger partial charge in [0.25, 0.3) is 0 Å². The van der Waals surface area contributed by atoms with Gasteiger partial charge in [-0.05, 0) is 45.1 Å². The highest BCUT2D eigenvalue weighted by Crippen LogP contribution is 2.56. The molecule has 1 aromatic carbocycles. The van der Waals surface area contributed by atoms with Crippen molar-refractivity contribution in [1.29, 1.82) is 0 Å². The van der Waals surface area contributed by atoms with E-state index in [-0.39, 0.29) is 18.5 Å². The number of nitrogens with zero attached hydrogens (tertiary/aromatic N) is 1. The Hall–Kier alpha value is -2.04. The zero-order valence-corrected chi connectivity index (χ0v) is 13.9. The van der Waals surface area contributed by atoms with Crippen LogP contribution in [-0.4, -0.2) is 34.6 Å². The molecule has 1 aliphatic carbocycles. The number of ether oxygens (including phenoxy) is 2. The number of fused-ring (bicyclic) bond motifs is 1. The minimum Gasteiger partial charge on any atom is -0.458 e. The predicted molar refractivity (Wildman–Crippen MR) is 84.6 cm³/mol. The molecule has 0 bridgehead atoms. The lowest BCUT2D eigenvalue weighted by Gasteiger charge is -2.29. The SMILES string of the molecule is CC(C)(C)OC(=O)[C@]12CC1CCN2C(=O)OCc1ccccc1. The van der Waals surface area contributed by atoms with Crippen molar-refractivity contribution in [3.05, 3.63) is 35.9 Å². The molecule has 0 radical (unpaired) electrons. The van der Waals surface area contributed by atoms with Crippen LogP contribution in [0.3, 0.4) is 0 Å². The summed E-state index contributed by atoms with van der Waals surface area (Å²) < 4.78 is 10.9. The van der Waals surface area contributed by atoms with E-state index in [0.717, 1.165) is 12.0 Å². The van der Waals surface area contributed by atoms with Gasteiger partial charge in [0.2, 0.25) is 0 Å². The van der Waals surface area contributed by atoms with E-state index >= 15 is 0 Å². The number of benzene rings is 1. The largest absolute Gasteiger partial charge is 0.458 e. The van der Waals surface area contributed by atoms with Crippen molar-refractivity contribution in [1.82, 2.24) is 4.90 Å². The number of carbonyl (C=O) groups is 2. The number of likely N-dealkylation sites (tertiary alicyclic amines) is 1. The Morgan fingerprint density at radius 3 is 2.57 bits per heavy atom. The molecule has 124 valence electrons. The van der Waals surface area contributed by atoms with E-state index in [1.807, 2.05) is 51.1 Å². The highest BCUT2D eigenvalue weighted by atomic mass is 16.6. The van der Waals surface area contributed by atoms with Crippen molar-refractivity contribution in [2.75, 3.05) is 6.54 Å². The molecule has 1 amide bonds. The van der Waals surface area contributed by atoms with E-state index in [4.69, 9.17) is 9.47 Å². The number of amides is 1. The van der Waals surface area contributed by atoms with Crippen molar-refractivity contribution in [2.24, 2.45) is 5.92 Å². The van der Waals surface area contributed by atoms with E-state index in [0.29, 0.717) is 13.0 Å². The quantitative estimate of drug-likeness (QED) is 0.804. The average Bonchev–Trinajstić information content (AvgIpc) is 3.10. The second-order valence-electron chi connectivity index (χ2n) is 7.31. The molecule has 1 aromatic rings. The first-order valence-corrected chi connectivity index (χ1v) is 8.05. The number of hydrogen-bond acceptors (Lipinski definition) is 4. The third-order valence-electron chi connectivity index (χ3n) is 4.43. The molecule has 1 saturated heterocycles. The molecule has 0 aromatic heterocycles. The number of hydrogen-bond donors (Lipinski definition) is 0. The van der Waals surface area contributed by atoms with Gasteiger partial charge in [-0.2, -0.15) is 0 Å². The van der Waals surface area contributed by atoms with Crippen LogP contribution in [0.2, 0.25) is 0 Å². The molecule has 0 spiro atoms. The van der Waals surface area contributed by atoms with Crippen LogP contribution in [-0.2, 0) is 20.9 Å². The van der Waals surface area contributed by atoms with Gasteiger partial charge in [0.1, 0.15) is 17.7 Å². The van der Waals surface area contributed by atoms with E-state index in [9.17, 15) is 9.59 Å². The minimum atomic E-state index is -0.791. The molecule has 3 rings (SSSR count). The number of rotatable bonds is 3. The Bertz CT molecular complexity index is 607. The van der Waals surface area contributed by atoms with E-state index < -0.39 is 17.2 Å². The Balaban J connectivity index is 1.65. The fourth-order valence-corrected chi connectivity index (χ4v) is 3.25.